The van der Waals surface area contributed by atoms with Crippen LogP contribution >= 0.6 is 23.1 Å². The van der Waals surface area contributed by atoms with Crippen molar-refractivity contribution in [3.05, 3.63) is 29.8 Å². The van der Waals surface area contributed by atoms with Crippen LogP contribution in [0, 0.1) is 6.92 Å². The number of carbonyl (C=O) groups is 1. The molecule has 2 N–H and O–H groups in total. The van der Waals surface area contributed by atoms with E-state index in [1.54, 1.807) is 0 Å². The molecule has 5 nitrogen and oxygen atoms in total. The molecule has 22 heavy (non-hydrogen) atoms. The third-order valence-corrected chi connectivity index (χ3v) is 5.03. The molecule has 2 aromatic rings. The van der Waals surface area contributed by atoms with Crippen molar-refractivity contribution in [2.24, 2.45) is 0 Å². The molecule has 1 atom stereocenters. The summed E-state index contributed by atoms with van der Waals surface area (Å²) in [4.78, 5) is 11.7. The van der Waals surface area contributed by atoms with Gasteiger partial charge in [-0.1, -0.05) is 47.7 Å². The van der Waals surface area contributed by atoms with Crippen LogP contribution in [0.4, 0.5) is 10.8 Å². The van der Waals surface area contributed by atoms with E-state index in [9.17, 15) is 4.79 Å². The van der Waals surface area contributed by atoms with Crippen molar-refractivity contribution in [2.75, 3.05) is 11.1 Å². The second kappa shape index (κ2) is 8.14. The normalized spacial score (nSPS) is 12.0. The van der Waals surface area contributed by atoms with Gasteiger partial charge in [-0.15, -0.1) is 10.2 Å². The van der Waals surface area contributed by atoms with Gasteiger partial charge in [-0.25, -0.2) is 0 Å². The van der Waals surface area contributed by atoms with Gasteiger partial charge in [-0.05, 0) is 32.4 Å². The van der Waals surface area contributed by atoms with Crippen LogP contribution in [0.1, 0.15) is 25.8 Å². The van der Waals surface area contributed by atoms with Crippen molar-refractivity contribution in [3.63, 3.8) is 0 Å². The van der Waals surface area contributed by atoms with E-state index < -0.39 is 0 Å². The van der Waals surface area contributed by atoms with E-state index in [0.29, 0.717) is 5.75 Å². The fourth-order valence-electron chi connectivity index (χ4n) is 1.62. The van der Waals surface area contributed by atoms with Crippen molar-refractivity contribution in [3.8, 4) is 0 Å². The van der Waals surface area contributed by atoms with Gasteiger partial charge in [-0.3, -0.25) is 4.79 Å². The average molecular weight is 336 g/mol. The molecule has 0 aliphatic rings. The number of aromatic nitrogens is 2. The molecule has 0 radical (unpaired) electrons. The van der Waals surface area contributed by atoms with Gasteiger partial charge in [0.2, 0.25) is 11.0 Å². The molecule has 1 aromatic heterocycles. The van der Waals surface area contributed by atoms with Crippen molar-refractivity contribution >= 4 is 39.8 Å². The summed E-state index contributed by atoms with van der Waals surface area (Å²) in [5.74, 6) is 0.395. The second-order valence-electron chi connectivity index (χ2n) is 5.03. The first-order chi connectivity index (χ1) is 10.6. The van der Waals surface area contributed by atoms with Crippen molar-refractivity contribution in [2.45, 2.75) is 37.6 Å². The van der Waals surface area contributed by atoms with E-state index in [-0.39, 0.29) is 11.9 Å². The minimum Gasteiger partial charge on any atom is -0.353 e. The first kappa shape index (κ1) is 16.8. The zero-order valence-corrected chi connectivity index (χ0v) is 14.6. The number of rotatable bonds is 7. The number of benzene rings is 1. The molecule has 0 aliphatic heterocycles. The highest BCUT2D eigenvalue weighted by Gasteiger charge is 2.09. The van der Waals surface area contributed by atoms with E-state index in [0.717, 1.165) is 21.6 Å². The summed E-state index contributed by atoms with van der Waals surface area (Å²) in [5, 5.41) is 15.1. The number of hydrogen-bond acceptors (Lipinski definition) is 6. The van der Waals surface area contributed by atoms with Gasteiger partial charge in [0.15, 0.2) is 4.34 Å². The largest absolute Gasteiger partial charge is 0.353 e. The number of amides is 1. The van der Waals surface area contributed by atoms with Crippen molar-refractivity contribution in [1.82, 2.24) is 15.5 Å². The Hall–Kier alpha value is -1.60. The van der Waals surface area contributed by atoms with Crippen LogP contribution in [-0.4, -0.2) is 27.9 Å². The van der Waals surface area contributed by atoms with E-state index in [1.807, 2.05) is 45.0 Å². The maximum absolute atomic E-state index is 11.7. The summed E-state index contributed by atoms with van der Waals surface area (Å²) < 4.78 is 0.786. The topological polar surface area (TPSA) is 66.9 Å². The predicted molar refractivity (Wildman–Crippen MR) is 93.0 cm³/mol. The van der Waals surface area contributed by atoms with Gasteiger partial charge in [-0.2, -0.15) is 0 Å². The SMILES string of the molecule is CC[C@H](C)NC(=O)CSc1nnc(Nc2ccc(C)cc2)s1. The van der Waals surface area contributed by atoms with Crippen molar-refractivity contribution < 1.29 is 4.79 Å². The van der Waals surface area contributed by atoms with Crippen LogP contribution < -0.4 is 10.6 Å². The minimum atomic E-state index is 0.0302. The molecule has 2 rings (SSSR count). The van der Waals surface area contributed by atoms with Gasteiger partial charge < -0.3 is 10.6 Å². The van der Waals surface area contributed by atoms with E-state index in [4.69, 9.17) is 0 Å². The van der Waals surface area contributed by atoms with Crippen LogP contribution in [0.5, 0.6) is 0 Å². The lowest BCUT2D eigenvalue weighted by Gasteiger charge is -2.09. The summed E-state index contributed by atoms with van der Waals surface area (Å²) in [7, 11) is 0. The Morgan fingerprint density at radius 2 is 2.05 bits per heavy atom. The van der Waals surface area contributed by atoms with Gasteiger partial charge in [0.05, 0.1) is 5.75 Å². The fraction of sp³-hybridized carbons (Fsp3) is 0.400. The molecule has 0 spiro atoms. The van der Waals surface area contributed by atoms with Gasteiger partial charge in [0.25, 0.3) is 0 Å². The molecule has 1 amide bonds. The molecule has 0 aliphatic carbocycles. The lowest BCUT2D eigenvalue weighted by Crippen LogP contribution is -2.33. The Morgan fingerprint density at radius 3 is 2.73 bits per heavy atom. The number of aryl methyl sites for hydroxylation is 1. The molecule has 7 heteroatoms. The molecular weight excluding hydrogens is 316 g/mol. The standard InChI is InChI=1S/C15H20N4OS2/c1-4-11(3)16-13(20)9-21-15-19-18-14(22-15)17-12-7-5-10(2)6-8-12/h5-8,11H,4,9H2,1-3H3,(H,16,20)(H,17,18)/t11-/m0/s1. The van der Waals surface area contributed by atoms with E-state index in [2.05, 4.69) is 20.8 Å². The number of hydrogen-bond donors (Lipinski definition) is 2. The predicted octanol–water partition coefficient (Wildman–Crippen LogP) is 3.60. The smallest absolute Gasteiger partial charge is 0.230 e. The van der Waals surface area contributed by atoms with E-state index in [1.165, 1.54) is 28.7 Å². The molecule has 1 aromatic carbocycles. The Bertz CT molecular complexity index is 612. The van der Waals surface area contributed by atoms with Gasteiger partial charge >= 0.3 is 0 Å². The molecule has 0 bridgehead atoms. The van der Waals surface area contributed by atoms with Gasteiger partial charge in [0.1, 0.15) is 0 Å². The van der Waals surface area contributed by atoms with E-state index >= 15 is 0 Å². The Kier molecular flexibility index (Phi) is 6.21. The number of nitrogens with zero attached hydrogens (tertiary/aromatic N) is 2. The highest BCUT2D eigenvalue weighted by atomic mass is 32.2. The Balaban J connectivity index is 1.83. The van der Waals surface area contributed by atoms with Crippen LogP contribution in [0.25, 0.3) is 0 Å². The van der Waals surface area contributed by atoms with Gasteiger partial charge in [0, 0.05) is 11.7 Å². The fourth-order valence-corrected chi connectivity index (χ4v) is 3.21. The lowest BCUT2D eigenvalue weighted by atomic mass is 10.2. The number of nitrogens with one attached hydrogen (secondary N) is 2. The Morgan fingerprint density at radius 1 is 1.32 bits per heavy atom. The zero-order valence-electron chi connectivity index (χ0n) is 12.9. The third kappa shape index (κ3) is 5.31. The highest BCUT2D eigenvalue weighted by molar-refractivity contribution is 8.01. The average Bonchev–Trinajstić information content (AvgIpc) is 2.95. The molecule has 0 fully saturated rings. The summed E-state index contributed by atoms with van der Waals surface area (Å²) in [5.41, 5.74) is 2.19. The summed E-state index contributed by atoms with van der Waals surface area (Å²) in [6, 6.07) is 8.30. The van der Waals surface area contributed by atoms with Crippen LogP contribution in [0.2, 0.25) is 0 Å². The van der Waals surface area contributed by atoms with Crippen LogP contribution in [0.3, 0.4) is 0 Å². The number of thioether (sulfide) groups is 1. The highest BCUT2D eigenvalue weighted by Crippen LogP contribution is 2.27. The third-order valence-electron chi connectivity index (χ3n) is 3.06. The van der Waals surface area contributed by atoms with Crippen LogP contribution in [-0.2, 0) is 4.79 Å². The quantitative estimate of drug-likeness (QED) is 0.756. The first-order valence-corrected chi connectivity index (χ1v) is 8.96. The lowest BCUT2D eigenvalue weighted by molar-refractivity contribution is -0.119. The number of carbonyl (C=O) groups excluding carboxylic acids is 1. The van der Waals surface area contributed by atoms with Crippen molar-refractivity contribution in [1.29, 1.82) is 0 Å². The summed E-state index contributed by atoms with van der Waals surface area (Å²) in [6.07, 6.45) is 0.930. The molecule has 0 saturated carbocycles. The monoisotopic (exact) mass is 336 g/mol. The molecule has 1 heterocycles. The van der Waals surface area contributed by atoms with Crippen LogP contribution in [0.15, 0.2) is 28.6 Å². The minimum absolute atomic E-state index is 0.0302. The molecule has 0 unspecified atom stereocenters. The Labute approximate surface area is 138 Å². The zero-order chi connectivity index (χ0) is 15.9. The molecule has 118 valence electrons. The second-order valence-corrected chi connectivity index (χ2v) is 7.23. The first-order valence-electron chi connectivity index (χ1n) is 7.16. The maximum Gasteiger partial charge on any atom is 0.230 e. The molecule has 0 saturated heterocycles. The summed E-state index contributed by atoms with van der Waals surface area (Å²) in [6.45, 7) is 6.09. The molecular formula is C15H20N4OS2. The number of anilines is 2. The maximum atomic E-state index is 11.7. The summed E-state index contributed by atoms with van der Waals surface area (Å²) >= 11 is 2.86.